The van der Waals surface area contributed by atoms with E-state index in [1.165, 1.54) is 4.57 Å². The van der Waals surface area contributed by atoms with E-state index < -0.39 is 11.4 Å². The van der Waals surface area contributed by atoms with Crippen molar-refractivity contribution < 1.29 is 5.11 Å². The maximum atomic E-state index is 11.2. The smallest absolute Gasteiger partial charge is 0.305 e. The molecule has 0 aliphatic rings. The highest BCUT2D eigenvalue weighted by atomic mass is 79.9. The maximum absolute atomic E-state index is 11.2. The molecule has 1 aromatic carbocycles. The molecule has 0 atom stereocenters. The van der Waals surface area contributed by atoms with Gasteiger partial charge in [0.15, 0.2) is 0 Å². The van der Waals surface area contributed by atoms with Gasteiger partial charge in [0.1, 0.15) is 0 Å². The van der Waals surface area contributed by atoms with Gasteiger partial charge in [-0.05, 0) is 18.2 Å². The van der Waals surface area contributed by atoms with E-state index in [1.54, 1.807) is 25.2 Å². The molecule has 4 nitrogen and oxygen atoms in total. The molecule has 0 N–H and O–H groups in total. The number of fused-ring (bicyclic) bond motifs is 1. The monoisotopic (exact) mass is 253 g/mol. The third-order valence-corrected chi connectivity index (χ3v) is 2.50. The predicted molar refractivity (Wildman–Crippen MR) is 54.8 cm³/mol. The van der Waals surface area contributed by atoms with Gasteiger partial charge in [0, 0.05) is 11.5 Å². The molecular weight excluding hydrogens is 248 g/mol. The molecular formula is C9H6BrN2O2. The predicted octanol–water partition coefficient (Wildman–Crippen LogP) is 1.84. The first-order chi connectivity index (χ1) is 6.59. The lowest BCUT2D eigenvalue weighted by atomic mass is 10.3. The van der Waals surface area contributed by atoms with Crippen molar-refractivity contribution in [2.75, 3.05) is 0 Å². The standard InChI is InChI=1S/C9H6BrN2O2/c1-12-7-3-2-5(10)4-6(7)11-8(13)9(12)14/h2-4H,1H3. The van der Waals surface area contributed by atoms with Crippen LogP contribution >= 0.6 is 15.9 Å². The third kappa shape index (κ3) is 1.29. The number of rotatable bonds is 0. The summed E-state index contributed by atoms with van der Waals surface area (Å²) in [6, 6.07) is 5.25. The summed E-state index contributed by atoms with van der Waals surface area (Å²) in [6.07, 6.45) is 0. The minimum Gasteiger partial charge on any atom is -0.305 e. The van der Waals surface area contributed by atoms with Gasteiger partial charge >= 0.3 is 11.4 Å². The van der Waals surface area contributed by atoms with Crippen molar-refractivity contribution in [1.29, 1.82) is 0 Å². The molecule has 0 saturated heterocycles. The van der Waals surface area contributed by atoms with Gasteiger partial charge in [-0.25, -0.2) is 4.98 Å². The van der Waals surface area contributed by atoms with E-state index in [9.17, 15) is 9.90 Å². The Morgan fingerprint density at radius 2 is 2.14 bits per heavy atom. The molecule has 2 rings (SSSR count). The van der Waals surface area contributed by atoms with Crippen LogP contribution in [0, 0.1) is 0 Å². The summed E-state index contributed by atoms with van der Waals surface area (Å²) in [4.78, 5) is 14.9. The van der Waals surface area contributed by atoms with Crippen LogP contribution in [0.15, 0.2) is 27.5 Å². The highest BCUT2D eigenvalue weighted by Crippen LogP contribution is 2.17. The Labute approximate surface area is 88.0 Å². The Balaban J connectivity index is 2.98. The molecule has 1 radical (unpaired) electrons. The minimum absolute atomic E-state index is 0.520. The van der Waals surface area contributed by atoms with E-state index in [2.05, 4.69) is 20.9 Å². The SMILES string of the molecule is Cn1c(=O)c([O])nc2cc(Br)ccc21. The van der Waals surface area contributed by atoms with Crippen molar-refractivity contribution in [3.8, 4) is 5.88 Å². The van der Waals surface area contributed by atoms with Crippen molar-refractivity contribution in [2.24, 2.45) is 7.05 Å². The van der Waals surface area contributed by atoms with E-state index in [1.807, 2.05) is 0 Å². The Morgan fingerprint density at radius 3 is 2.86 bits per heavy atom. The maximum Gasteiger partial charge on any atom is 0.336 e. The molecule has 5 heteroatoms. The average Bonchev–Trinajstić information content (AvgIpc) is 2.14. The number of nitrogens with zero attached hydrogens (tertiary/aromatic N) is 2. The summed E-state index contributed by atoms with van der Waals surface area (Å²) in [5, 5.41) is 11.1. The normalized spacial score (nSPS) is 10.7. The highest BCUT2D eigenvalue weighted by Gasteiger charge is 2.08. The molecule has 0 aliphatic carbocycles. The lowest BCUT2D eigenvalue weighted by Crippen LogP contribution is -2.17. The second-order valence-electron chi connectivity index (χ2n) is 2.91. The van der Waals surface area contributed by atoms with Gasteiger partial charge in [-0.3, -0.25) is 9.90 Å². The van der Waals surface area contributed by atoms with Gasteiger partial charge in [-0.1, -0.05) is 15.9 Å². The van der Waals surface area contributed by atoms with E-state index in [4.69, 9.17) is 0 Å². The molecule has 1 aromatic heterocycles. The zero-order valence-electron chi connectivity index (χ0n) is 7.32. The van der Waals surface area contributed by atoms with Crippen molar-refractivity contribution in [3.05, 3.63) is 33.0 Å². The second-order valence-corrected chi connectivity index (χ2v) is 3.83. The molecule has 2 aromatic rings. The summed E-state index contributed by atoms with van der Waals surface area (Å²) < 4.78 is 2.13. The fraction of sp³-hybridized carbons (Fsp3) is 0.111. The van der Waals surface area contributed by atoms with Crippen molar-refractivity contribution in [1.82, 2.24) is 9.55 Å². The summed E-state index contributed by atoms with van der Waals surface area (Å²) >= 11 is 3.27. The molecule has 0 unspecified atom stereocenters. The fourth-order valence-corrected chi connectivity index (χ4v) is 1.63. The number of benzene rings is 1. The van der Waals surface area contributed by atoms with E-state index in [0.29, 0.717) is 11.0 Å². The summed E-state index contributed by atoms with van der Waals surface area (Å²) in [7, 11) is 1.56. The Hall–Kier alpha value is -1.36. The molecule has 0 fully saturated rings. The quantitative estimate of drug-likeness (QED) is 0.720. The molecule has 1 heterocycles. The van der Waals surface area contributed by atoms with E-state index >= 15 is 0 Å². The molecule has 0 amide bonds. The van der Waals surface area contributed by atoms with Crippen molar-refractivity contribution in [2.45, 2.75) is 0 Å². The number of aromatic nitrogens is 2. The number of aryl methyl sites for hydroxylation is 1. The molecule has 0 aliphatic heterocycles. The van der Waals surface area contributed by atoms with Crippen LogP contribution in [0.1, 0.15) is 0 Å². The molecule has 0 spiro atoms. The summed E-state index contributed by atoms with van der Waals surface area (Å²) in [6.45, 7) is 0. The van der Waals surface area contributed by atoms with Crippen LogP contribution in [0.25, 0.3) is 11.0 Å². The fourth-order valence-electron chi connectivity index (χ4n) is 1.28. The van der Waals surface area contributed by atoms with Gasteiger partial charge in [0.2, 0.25) is 0 Å². The molecule has 71 valence electrons. The second kappa shape index (κ2) is 3.09. The third-order valence-electron chi connectivity index (χ3n) is 2.01. The van der Waals surface area contributed by atoms with Gasteiger partial charge in [-0.2, -0.15) is 0 Å². The Bertz CT molecular complexity index is 562. The number of hydrogen-bond acceptors (Lipinski definition) is 2. The van der Waals surface area contributed by atoms with Crippen LogP contribution in [0.5, 0.6) is 5.88 Å². The largest absolute Gasteiger partial charge is 0.336 e. The first kappa shape index (κ1) is 9.21. The van der Waals surface area contributed by atoms with E-state index in [0.717, 1.165) is 4.47 Å². The van der Waals surface area contributed by atoms with Gasteiger partial charge in [0.05, 0.1) is 11.0 Å². The van der Waals surface area contributed by atoms with Gasteiger partial charge in [0.25, 0.3) is 0 Å². The highest BCUT2D eigenvalue weighted by molar-refractivity contribution is 9.10. The van der Waals surface area contributed by atoms with Gasteiger partial charge < -0.3 is 4.57 Å². The Morgan fingerprint density at radius 1 is 1.43 bits per heavy atom. The van der Waals surface area contributed by atoms with Crippen LogP contribution in [0.2, 0.25) is 0 Å². The van der Waals surface area contributed by atoms with Crippen LogP contribution in [0.3, 0.4) is 0 Å². The lowest BCUT2D eigenvalue weighted by Gasteiger charge is -2.03. The topological polar surface area (TPSA) is 54.8 Å². The van der Waals surface area contributed by atoms with E-state index in [-0.39, 0.29) is 0 Å². The molecule has 14 heavy (non-hydrogen) atoms. The van der Waals surface area contributed by atoms with Crippen LogP contribution in [-0.2, 0) is 12.2 Å². The van der Waals surface area contributed by atoms with Crippen molar-refractivity contribution in [3.63, 3.8) is 0 Å². The summed E-state index contributed by atoms with van der Waals surface area (Å²) in [5.74, 6) is -0.724. The zero-order chi connectivity index (χ0) is 10.3. The van der Waals surface area contributed by atoms with Crippen LogP contribution in [-0.4, -0.2) is 9.55 Å². The first-order valence-electron chi connectivity index (χ1n) is 3.93. The first-order valence-corrected chi connectivity index (χ1v) is 4.72. The number of hydrogen-bond donors (Lipinski definition) is 0. The Kier molecular flexibility index (Phi) is 2.03. The van der Waals surface area contributed by atoms with Crippen LogP contribution in [0.4, 0.5) is 0 Å². The molecule has 0 bridgehead atoms. The summed E-state index contributed by atoms with van der Waals surface area (Å²) in [5.41, 5.74) is 0.573. The zero-order valence-corrected chi connectivity index (χ0v) is 8.91. The number of halogens is 1. The van der Waals surface area contributed by atoms with Crippen molar-refractivity contribution >= 4 is 27.0 Å². The lowest BCUT2D eigenvalue weighted by molar-refractivity contribution is 0.329. The molecule has 0 saturated carbocycles. The van der Waals surface area contributed by atoms with Crippen LogP contribution < -0.4 is 5.56 Å². The van der Waals surface area contributed by atoms with Gasteiger partial charge in [-0.15, -0.1) is 0 Å². The average molecular weight is 254 g/mol. The minimum atomic E-state index is -0.724.